The van der Waals surface area contributed by atoms with Crippen LogP contribution in [0.5, 0.6) is 11.5 Å². The molecule has 1 aliphatic rings. The molecule has 7 heteroatoms. The fourth-order valence-corrected chi connectivity index (χ4v) is 4.29. The van der Waals surface area contributed by atoms with Gasteiger partial charge in [-0.1, -0.05) is 18.2 Å². The summed E-state index contributed by atoms with van der Waals surface area (Å²) in [6.07, 6.45) is 1.72. The Bertz CT molecular complexity index is 1030. The first-order valence-corrected chi connectivity index (χ1v) is 9.97. The van der Waals surface area contributed by atoms with E-state index in [1.165, 1.54) is 24.9 Å². The van der Waals surface area contributed by atoms with E-state index in [9.17, 15) is 9.59 Å². The number of furan rings is 1. The minimum Gasteiger partial charge on any atom is -0.461 e. The molecule has 1 aromatic heterocycles. The Morgan fingerprint density at radius 2 is 1.90 bits per heavy atom. The van der Waals surface area contributed by atoms with Gasteiger partial charge in [0.1, 0.15) is 0 Å². The molecule has 148 valence electrons. The van der Waals surface area contributed by atoms with E-state index >= 15 is 0 Å². The topological polar surface area (TPSA) is 77.8 Å². The first kappa shape index (κ1) is 19.1. The molecule has 29 heavy (non-hydrogen) atoms. The van der Waals surface area contributed by atoms with Gasteiger partial charge >= 0.3 is 0 Å². The Kier molecular flexibility index (Phi) is 5.57. The molecule has 0 spiro atoms. The lowest BCUT2D eigenvalue weighted by molar-refractivity contribution is -0.114. The van der Waals surface area contributed by atoms with E-state index in [1.807, 2.05) is 42.5 Å². The Morgan fingerprint density at radius 1 is 1.07 bits per heavy atom. The van der Waals surface area contributed by atoms with Gasteiger partial charge in [0.15, 0.2) is 23.0 Å². The van der Waals surface area contributed by atoms with Crippen molar-refractivity contribution in [3.8, 4) is 11.5 Å². The smallest absolute Gasteiger partial charge is 0.231 e. The van der Waals surface area contributed by atoms with E-state index in [0.29, 0.717) is 22.9 Å². The molecule has 1 amide bonds. The van der Waals surface area contributed by atoms with Crippen molar-refractivity contribution in [3.63, 3.8) is 0 Å². The summed E-state index contributed by atoms with van der Waals surface area (Å²) in [7, 11) is 0. The molecule has 3 aromatic rings. The molecule has 1 aliphatic heterocycles. The van der Waals surface area contributed by atoms with Gasteiger partial charge < -0.3 is 19.2 Å². The number of ketones is 1. The van der Waals surface area contributed by atoms with Crippen LogP contribution in [-0.4, -0.2) is 18.5 Å². The highest BCUT2D eigenvalue weighted by Crippen LogP contribution is 2.44. The molecule has 6 nitrogen and oxygen atoms in total. The number of amides is 1. The number of Topliss-reactive ketones (excluding diaryl/α,β-unsaturated/α-hetero) is 1. The van der Waals surface area contributed by atoms with E-state index in [-0.39, 0.29) is 30.2 Å². The lowest BCUT2D eigenvalue weighted by Crippen LogP contribution is -2.08. The Balaban J connectivity index is 1.65. The quantitative estimate of drug-likeness (QED) is 0.433. The van der Waals surface area contributed by atoms with Crippen LogP contribution in [0.15, 0.2) is 70.2 Å². The van der Waals surface area contributed by atoms with E-state index in [2.05, 4.69) is 5.32 Å². The molecule has 2 heterocycles. The summed E-state index contributed by atoms with van der Waals surface area (Å²) >= 11 is 1.51. The monoisotopic (exact) mass is 409 g/mol. The summed E-state index contributed by atoms with van der Waals surface area (Å²) in [5.74, 6) is 1.43. The Hall–Kier alpha value is -3.19. The third kappa shape index (κ3) is 4.46. The van der Waals surface area contributed by atoms with E-state index < -0.39 is 0 Å². The number of anilines is 1. The van der Waals surface area contributed by atoms with Gasteiger partial charge in [0.05, 0.1) is 12.0 Å². The molecule has 2 aromatic carbocycles. The van der Waals surface area contributed by atoms with Crippen LogP contribution >= 0.6 is 11.8 Å². The normalized spacial score (nSPS) is 13.1. The molecule has 1 atom stereocenters. The van der Waals surface area contributed by atoms with Crippen molar-refractivity contribution in [2.24, 2.45) is 0 Å². The number of ether oxygens (including phenoxy) is 2. The number of benzene rings is 2. The van der Waals surface area contributed by atoms with Gasteiger partial charge in [-0.05, 0) is 42.0 Å². The van der Waals surface area contributed by atoms with Gasteiger partial charge in [-0.25, -0.2) is 0 Å². The molecule has 0 bridgehead atoms. The number of thioether (sulfide) groups is 1. The summed E-state index contributed by atoms with van der Waals surface area (Å²) in [4.78, 5) is 25.2. The van der Waals surface area contributed by atoms with Crippen LogP contribution in [0.3, 0.4) is 0 Å². The number of hydrogen-bond acceptors (Lipinski definition) is 6. The van der Waals surface area contributed by atoms with Gasteiger partial charge in [-0.15, -0.1) is 11.8 Å². The van der Waals surface area contributed by atoms with Crippen molar-refractivity contribution in [3.05, 3.63) is 72.2 Å². The minimum absolute atomic E-state index is 0.0952. The number of carbonyl (C=O) groups excluding carboxylic acids is 2. The summed E-state index contributed by atoms with van der Waals surface area (Å²) in [5, 5.41) is 2.63. The number of hydrogen-bond donors (Lipinski definition) is 1. The maximum Gasteiger partial charge on any atom is 0.231 e. The molecule has 0 saturated heterocycles. The lowest BCUT2D eigenvalue weighted by Gasteiger charge is -2.18. The van der Waals surface area contributed by atoms with Gasteiger partial charge in [0, 0.05) is 23.5 Å². The number of rotatable bonds is 7. The van der Waals surface area contributed by atoms with E-state index in [0.717, 1.165) is 10.5 Å². The van der Waals surface area contributed by atoms with Gasteiger partial charge in [-0.2, -0.15) is 0 Å². The zero-order valence-corrected chi connectivity index (χ0v) is 16.5. The molecule has 0 radical (unpaired) electrons. The van der Waals surface area contributed by atoms with Crippen LogP contribution in [0.4, 0.5) is 5.69 Å². The highest BCUT2D eigenvalue weighted by Gasteiger charge is 2.24. The summed E-state index contributed by atoms with van der Waals surface area (Å²) in [5.41, 5.74) is 1.64. The number of nitrogens with one attached hydrogen (secondary N) is 1. The first-order chi connectivity index (χ1) is 14.1. The summed E-state index contributed by atoms with van der Waals surface area (Å²) in [6.45, 7) is 1.66. The maximum absolute atomic E-state index is 12.7. The van der Waals surface area contributed by atoms with Crippen LogP contribution in [0.25, 0.3) is 0 Å². The predicted molar refractivity (Wildman–Crippen MR) is 110 cm³/mol. The maximum atomic E-state index is 12.7. The largest absolute Gasteiger partial charge is 0.461 e. The van der Waals surface area contributed by atoms with Crippen molar-refractivity contribution >= 4 is 29.1 Å². The Morgan fingerprint density at radius 3 is 2.69 bits per heavy atom. The molecule has 0 aliphatic carbocycles. The van der Waals surface area contributed by atoms with Crippen molar-refractivity contribution in [1.82, 2.24) is 0 Å². The highest BCUT2D eigenvalue weighted by molar-refractivity contribution is 7.99. The molecular formula is C22H19NO5S. The highest BCUT2D eigenvalue weighted by atomic mass is 32.2. The van der Waals surface area contributed by atoms with Crippen molar-refractivity contribution in [1.29, 1.82) is 0 Å². The molecule has 1 unspecified atom stereocenters. The van der Waals surface area contributed by atoms with Crippen molar-refractivity contribution in [2.45, 2.75) is 23.5 Å². The van der Waals surface area contributed by atoms with E-state index in [1.54, 1.807) is 12.1 Å². The fourth-order valence-electron chi connectivity index (χ4n) is 3.06. The summed E-state index contributed by atoms with van der Waals surface area (Å²) < 4.78 is 16.2. The number of carbonyl (C=O) groups is 2. The second-order valence-corrected chi connectivity index (χ2v) is 7.75. The first-order valence-electron chi connectivity index (χ1n) is 9.09. The zero-order chi connectivity index (χ0) is 20.2. The average Bonchev–Trinajstić information content (AvgIpc) is 3.39. The molecule has 0 saturated carbocycles. The Labute approximate surface area is 172 Å². The predicted octanol–water partition coefficient (Wildman–Crippen LogP) is 5.07. The number of para-hydroxylation sites is 1. The van der Waals surface area contributed by atoms with Crippen LogP contribution in [0.2, 0.25) is 0 Å². The second-order valence-electron chi connectivity index (χ2n) is 6.50. The van der Waals surface area contributed by atoms with Gasteiger partial charge in [0.2, 0.25) is 12.7 Å². The molecule has 1 N–H and O–H groups in total. The van der Waals surface area contributed by atoms with Crippen LogP contribution < -0.4 is 14.8 Å². The van der Waals surface area contributed by atoms with Crippen molar-refractivity contribution < 1.29 is 23.5 Å². The standard InChI is InChI=1S/C22H19NO5S/c1-14(24)23-16-5-2-3-7-21(16)29-22(12-17(25)18-6-4-10-26-18)15-8-9-19-20(11-15)28-13-27-19/h2-11,22H,12-13H2,1H3,(H,23,24). The van der Waals surface area contributed by atoms with Gasteiger partial charge in [-0.3, -0.25) is 9.59 Å². The third-order valence-electron chi connectivity index (χ3n) is 4.40. The van der Waals surface area contributed by atoms with E-state index in [4.69, 9.17) is 13.9 Å². The van der Waals surface area contributed by atoms with Crippen LogP contribution in [-0.2, 0) is 4.79 Å². The summed E-state index contributed by atoms with van der Waals surface area (Å²) in [6, 6.07) is 16.6. The average molecular weight is 409 g/mol. The minimum atomic E-state index is -0.211. The molecule has 0 fully saturated rings. The van der Waals surface area contributed by atoms with Crippen molar-refractivity contribution in [2.75, 3.05) is 12.1 Å². The second kappa shape index (κ2) is 8.45. The third-order valence-corrected chi connectivity index (χ3v) is 5.74. The lowest BCUT2D eigenvalue weighted by atomic mass is 10.1. The SMILES string of the molecule is CC(=O)Nc1ccccc1SC(CC(=O)c1ccco1)c1ccc2c(c1)OCO2. The van der Waals surface area contributed by atoms with Crippen LogP contribution in [0, 0.1) is 0 Å². The molecule has 4 rings (SSSR count). The van der Waals surface area contributed by atoms with Crippen LogP contribution in [0.1, 0.15) is 34.7 Å². The zero-order valence-electron chi connectivity index (χ0n) is 15.7. The fraction of sp³-hybridized carbons (Fsp3) is 0.182. The molecular weight excluding hydrogens is 390 g/mol. The van der Waals surface area contributed by atoms with Gasteiger partial charge in [0.25, 0.3) is 0 Å². The number of fused-ring (bicyclic) bond motifs is 1.